The zero-order chi connectivity index (χ0) is 12.0. The number of hydrogen-bond acceptors (Lipinski definition) is 4. The van der Waals surface area contributed by atoms with E-state index in [9.17, 15) is 4.79 Å². The molecular weight excluding hydrogens is 210 g/mol. The van der Waals surface area contributed by atoms with Crippen molar-refractivity contribution in [2.24, 2.45) is 0 Å². The highest BCUT2D eigenvalue weighted by Crippen LogP contribution is 2.13. The molecular formula is C11H17NO4. The van der Waals surface area contributed by atoms with Crippen LogP contribution in [-0.2, 0) is 17.6 Å². The summed E-state index contributed by atoms with van der Waals surface area (Å²) in [4.78, 5) is 15.0. The molecule has 0 bridgehead atoms. The van der Waals surface area contributed by atoms with E-state index < -0.39 is 5.97 Å². The molecule has 0 amide bonds. The van der Waals surface area contributed by atoms with Gasteiger partial charge in [0.05, 0.1) is 5.69 Å². The summed E-state index contributed by atoms with van der Waals surface area (Å²) in [5.74, 6) is -0.608. The average molecular weight is 227 g/mol. The van der Waals surface area contributed by atoms with Crippen LogP contribution in [0.25, 0.3) is 0 Å². The lowest BCUT2D eigenvalue weighted by Gasteiger charge is -1.97. The fourth-order valence-corrected chi connectivity index (χ4v) is 1.38. The minimum atomic E-state index is -1.06. The van der Waals surface area contributed by atoms with Gasteiger partial charge in [0.15, 0.2) is 5.89 Å². The Morgan fingerprint density at radius 1 is 1.50 bits per heavy atom. The number of carbonyl (C=O) groups is 1. The highest BCUT2D eigenvalue weighted by Gasteiger charge is 2.17. The first-order valence-corrected chi connectivity index (χ1v) is 5.48. The van der Waals surface area contributed by atoms with E-state index in [4.69, 9.17) is 14.3 Å². The average Bonchev–Trinajstić information content (AvgIpc) is 2.68. The van der Waals surface area contributed by atoms with Crippen LogP contribution in [0.5, 0.6) is 0 Å². The van der Waals surface area contributed by atoms with Gasteiger partial charge in [-0.15, -0.1) is 0 Å². The first-order chi connectivity index (χ1) is 7.69. The molecule has 0 spiro atoms. The number of rotatable bonds is 7. The van der Waals surface area contributed by atoms with Crippen molar-refractivity contribution in [3.8, 4) is 0 Å². The monoisotopic (exact) mass is 227 g/mol. The van der Waals surface area contributed by atoms with E-state index in [2.05, 4.69) is 4.98 Å². The Morgan fingerprint density at radius 3 is 2.75 bits per heavy atom. The molecule has 5 heteroatoms. The van der Waals surface area contributed by atoms with Crippen molar-refractivity contribution in [3.63, 3.8) is 0 Å². The molecule has 0 aliphatic rings. The molecule has 0 aliphatic heterocycles. The molecule has 0 aromatic carbocycles. The van der Waals surface area contributed by atoms with Gasteiger partial charge in [0, 0.05) is 19.6 Å². The summed E-state index contributed by atoms with van der Waals surface area (Å²) >= 11 is 0. The van der Waals surface area contributed by atoms with Crippen molar-refractivity contribution in [2.45, 2.75) is 33.1 Å². The second kappa shape index (κ2) is 6.27. The largest absolute Gasteiger partial charge is 0.475 e. The molecule has 1 N–H and O–H groups in total. The predicted molar refractivity (Wildman–Crippen MR) is 57.7 cm³/mol. The van der Waals surface area contributed by atoms with E-state index >= 15 is 0 Å². The summed E-state index contributed by atoms with van der Waals surface area (Å²) in [6.07, 6.45) is 1.97. The minimum absolute atomic E-state index is 0.0334. The molecule has 0 unspecified atom stereocenters. The van der Waals surface area contributed by atoms with Crippen molar-refractivity contribution < 1.29 is 19.1 Å². The lowest BCUT2D eigenvalue weighted by Crippen LogP contribution is -1.98. The van der Waals surface area contributed by atoms with E-state index in [0.29, 0.717) is 37.6 Å². The van der Waals surface area contributed by atoms with Gasteiger partial charge < -0.3 is 14.3 Å². The second-order valence-corrected chi connectivity index (χ2v) is 3.34. The normalized spacial score (nSPS) is 10.6. The third kappa shape index (κ3) is 3.34. The van der Waals surface area contributed by atoms with Crippen molar-refractivity contribution in [3.05, 3.63) is 17.3 Å². The molecule has 1 heterocycles. The number of aryl methyl sites for hydroxylation is 2. The van der Waals surface area contributed by atoms with Crippen LogP contribution in [0.2, 0.25) is 0 Å². The Labute approximate surface area is 94.4 Å². The van der Waals surface area contributed by atoms with Gasteiger partial charge in [-0.25, -0.2) is 9.78 Å². The third-order valence-corrected chi connectivity index (χ3v) is 2.15. The summed E-state index contributed by atoms with van der Waals surface area (Å²) < 4.78 is 10.4. The van der Waals surface area contributed by atoms with E-state index in [-0.39, 0.29) is 5.76 Å². The number of aromatic carboxylic acids is 1. The van der Waals surface area contributed by atoms with E-state index in [1.165, 1.54) is 0 Å². The molecule has 0 atom stereocenters. The molecule has 0 fully saturated rings. The quantitative estimate of drug-likeness (QED) is 0.720. The van der Waals surface area contributed by atoms with Crippen LogP contribution in [0.15, 0.2) is 4.42 Å². The Balaban J connectivity index is 2.57. The molecule has 16 heavy (non-hydrogen) atoms. The Morgan fingerprint density at radius 2 is 2.25 bits per heavy atom. The summed E-state index contributed by atoms with van der Waals surface area (Å²) in [6.45, 7) is 5.12. The van der Waals surface area contributed by atoms with Crippen LogP contribution < -0.4 is 0 Å². The first-order valence-electron chi connectivity index (χ1n) is 5.48. The van der Waals surface area contributed by atoms with Crippen molar-refractivity contribution in [2.75, 3.05) is 13.2 Å². The SMILES string of the molecule is CCOCCCc1nc(CC)c(C(=O)O)o1. The number of carboxylic acids is 1. The van der Waals surface area contributed by atoms with Crippen molar-refractivity contribution in [1.29, 1.82) is 0 Å². The van der Waals surface area contributed by atoms with Gasteiger partial charge in [-0.2, -0.15) is 0 Å². The molecule has 90 valence electrons. The highest BCUT2D eigenvalue weighted by atomic mass is 16.5. The number of carboxylic acid groups (broad SMARTS) is 1. The molecule has 1 rings (SSSR count). The van der Waals surface area contributed by atoms with Gasteiger partial charge in [-0.3, -0.25) is 0 Å². The number of nitrogens with zero attached hydrogens (tertiary/aromatic N) is 1. The van der Waals surface area contributed by atoms with Gasteiger partial charge in [0.1, 0.15) is 0 Å². The van der Waals surface area contributed by atoms with Crippen LogP contribution in [0.4, 0.5) is 0 Å². The van der Waals surface area contributed by atoms with Crippen LogP contribution in [-0.4, -0.2) is 29.3 Å². The number of oxazole rings is 1. The summed E-state index contributed by atoms with van der Waals surface area (Å²) in [5, 5.41) is 8.86. The maximum atomic E-state index is 10.8. The van der Waals surface area contributed by atoms with Gasteiger partial charge in [-0.1, -0.05) is 6.92 Å². The zero-order valence-electron chi connectivity index (χ0n) is 9.65. The minimum Gasteiger partial charge on any atom is -0.475 e. The summed E-state index contributed by atoms with van der Waals surface area (Å²) in [7, 11) is 0. The maximum Gasteiger partial charge on any atom is 0.373 e. The van der Waals surface area contributed by atoms with E-state index in [0.717, 1.165) is 6.42 Å². The van der Waals surface area contributed by atoms with E-state index in [1.54, 1.807) is 0 Å². The molecule has 1 aromatic heterocycles. The number of aromatic nitrogens is 1. The fourth-order valence-electron chi connectivity index (χ4n) is 1.38. The van der Waals surface area contributed by atoms with Crippen LogP contribution in [0, 0.1) is 0 Å². The number of ether oxygens (including phenoxy) is 1. The van der Waals surface area contributed by atoms with Crippen LogP contribution in [0.1, 0.15) is 42.4 Å². The summed E-state index contributed by atoms with van der Waals surface area (Å²) in [6, 6.07) is 0. The van der Waals surface area contributed by atoms with Gasteiger partial charge >= 0.3 is 5.97 Å². The van der Waals surface area contributed by atoms with Crippen LogP contribution >= 0.6 is 0 Å². The molecule has 5 nitrogen and oxygen atoms in total. The lowest BCUT2D eigenvalue weighted by atomic mass is 10.3. The Hall–Kier alpha value is -1.36. The Bertz CT molecular complexity index is 346. The molecule has 0 saturated heterocycles. The maximum absolute atomic E-state index is 10.8. The standard InChI is InChI=1S/C11H17NO4/c1-3-8-10(11(13)14)16-9(12-8)6-5-7-15-4-2/h3-7H2,1-2H3,(H,13,14). The van der Waals surface area contributed by atoms with Gasteiger partial charge in [0.2, 0.25) is 5.76 Å². The molecule has 0 radical (unpaired) electrons. The number of hydrogen-bond donors (Lipinski definition) is 1. The van der Waals surface area contributed by atoms with Gasteiger partial charge in [0.25, 0.3) is 0 Å². The third-order valence-electron chi connectivity index (χ3n) is 2.15. The van der Waals surface area contributed by atoms with Gasteiger partial charge in [-0.05, 0) is 19.8 Å². The molecule has 0 saturated carbocycles. The second-order valence-electron chi connectivity index (χ2n) is 3.34. The predicted octanol–water partition coefficient (Wildman–Crippen LogP) is 1.90. The summed E-state index contributed by atoms with van der Waals surface area (Å²) in [5.41, 5.74) is 0.513. The highest BCUT2D eigenvalue weighted by molar-refractivity contribution is 5.85. The zero-order valence-corrected chi connectivity index (χ0v) is 9.65. The molecule has 1 aromatic rings. The Kier molecular flexibility index (Phi) is 4.98. The topological polar surface area (TPSA) is 72.6 Å². The van der Waals surface area contributed by atoms with Crippen molar-refractivity contribution >= 4 is 5.97 Å². The van der Waals surface area contributed by atoms with E-state index in [1.807, 2.05) is 13.8 Å². The van der Waals surface area contributed by atoms with Crippen LogP contribution in [0.3, 0.4) is 0 Å². The fraction of sp³-hybridized carbons (Fsp3) is 0.636. The molecule has 0 aliphatic carbocycles. The van der Waals surface area contributed by atoms with Crippen molar-refractivity contribution in [1.82, 2.24) is 4.98 Å². The lowest BCUT2D eigenvalue weighted by molar-refractivity contribution is 0.0658. The first kappa shape index (κ1) is 12.7. The smallest absolute Gasteiger partial charge is 0.373 e.